The number of unbranched alkanes of at least 4 members (excludes halogenated alkanes) is 1. The molecule has 0 aromatic carbocycles. The second-order valence-electron chi connectivity index (χ2n) is 14.3. The van der Waals surface area contributed by atoms with Crippen LogP contribution in [-0.2, 0) is 28.8 Å². The Hall–Kier alpha value is -2.98. The zero-order valence-corrected chi connectivity index (χ0v) is 34.0. The first-order valence-electron chi connectivity index (χ1n) is 19.8. The van der Waals surface area contributed by atoms with Crippen LogP contribution in [0.1, 0.15) is 117 Å². The monoisotopic (exact) mass is 754 g/mol. The highest BCUT2D eigenvalue weighted by molar-refractivity contribution is 5.83. The van der Waals surface area contributed by atoms with Gasteiger partial charge in [0.15, 0.2) is 0 Å². The number of nitrogens with one attached hydrogen (secondary N) is 9. The highest BCUT2D eigenvalue weighted by Crippen LogP contribution is 2.11. The van der Waals surface area contributed by atoms with Crippen LogP contribution < -0.4 is 47.9 Å². The van der Waals surface area contributed by atoms with E-state index in [4.69, 9.17) is 0 Å². The molecule has 0 aliphatic rings. The summed E-state index contributed by atoms with van der Waals surface area (Å²) in [4.78, 5) is 76.5. The zero-order valence-electron chi connectivity index (χ0n) is 34.0. The molecular formula is C38H75N9O6. The van der Waals surface area contributed by atoms with Gasteiger partial charge in [0.1, 0.15) is 11.6 Å². The molecule has 0 saturated carbocycles. The highest BCUT2D eigenvalue weighted by Gasteiger charge is 2.24. The topological polar surface area (TPSA) is 211 Å². The molecule has 0 aliphatic heterocycles. The molecule has 53 heavy (non-hydrogen) atoms. The Morgan fingerprint density at radius 2 is 0.698 bits per heavy atom. The van der Waals surface area contributed by atoms with Crippen LogP contribution in [0.4, 0.5) is 0 Å². The van der Waals surface area contributed by atoms with Gasteiger partial charge in [-0.1, -0.05) is 6.42 Å². The summed E-state index contributed by atoms with van der Waals surface area (Å²) >= 11 is 0. The van der Waals surface area contributed by atoms with Gasteiger partial charge in [0.2, 0.25) is 23.6 Å². The number of carbonyl (C=O) groups excluding carboxylic acids is 6. The molecular weight excluding hydrogens is 678 g/mol. The van der Waals surface area contributed by atoms with E-state index < -0.39 is 12.1 Å². The SMILES string of the molecule is CNCCCCC(CC(C)=O)NC(=O)CC(CCCNC)NC(=O)CCC(CC(C)=O)NC(=O)CC(CCCNC)NC(=O)CC(CCCNC)NC. The lowest BCUT2D eigenvalue weighted by atomic mass is 10.0. The summed E-state index contributed by atoms with van der Waals surface area (Å²) in [5.74, 6) is -0.999. The van der Waals surface area contributed by atoms with Gasteiger partial charge in [0.05, 0.1) is 0 Å². The average molecular weight is 754 g/mol. The van der Waals surface area contributed by atoms with Crippen LogP contribution in [0, 0.1) is 0 Å². The molecule has 0 aliphatic carbocycles. The van der Waals surface area contributed by atoms with Crippen LogP contribution >= 0.6 is 0 Å². The van der Waals surface area contributed by atoms with E-state index in [0.717, 1.165) is 64.7 Å². The van der Waals surface area contributed by atoms with Gasteiger partial charge in [-0.25, -0.2) is 0 Å². The number of ketones is 2. The highest BCUT2D eigenvalue weighted by atomic mass is 16.2. The van der Waals surface area contributed by atoms with Crippen molar-refractivity contribution in [1.82, 2.24) is 47.9 Å². The van der Waals surface area contributed by atoms with Crippen molar-refractivity contribution in [3.05, 3.63) is 0 Å². The van der Waals surface area contributed by atoms with Crippen LogP contribution in [-0.4, -0.2) is 127 Å². The summed E-state index contributed by atoms with van der Waals surface area (Å²) in [5.41, 5.74) is 0. The van der Waals surface area contributed by atoms with Crippen molar-refractivity contribution in [2.45, 2.75) is 147 Å². The fraction of sp³-hybridized carbons (Fsp3) is 0.842. The molecule has 0 fully saturated rings. The van der Waals surface area contributed by atoms with Gasteiger partial charge in [0, 0.05) is 68.7 Å². The van der Waals surface area contributed by atoms with E-state index in [1.54, 1.807) is 0 Å². The Kier molecular flexibility index (Phi) is 30.6. The molecule has 5 atom stereocenters. The largest absolute Gasteiger partial charge is 0.353 e. The van der Waals surface area contributed by atoms with E-state index in [-0.39, 0.29) is 91.8 Å². The number of rotatable bonds is 35. The molecule has 0 spiro atoms. The molecule has 0 bridgehead atoms. The summed E-state index contributed by atoms with van der Waals surface area (Å²) < 4.78 is 0. The van der Waals surface area contributed by atoms with Crippen molar-refractivity contribution >= 4 is 35.2 Å². The number of amides is 4. The number of Topliss-reactive ketones (excluding diaryl/α,β-unsaturated/α-hetero) is 2. The molecule has 9 N–H and O–H groups in total. The molecule has 0 aromatic heterocycles. The fourth-order valence-electron chi connectivity index (χ4n) is 6.35. The predicted octanol–water partition coefficient (Wildman–Crippen LogP) is 0.811. The lowest BCUT2D eigenvalue weighted by molar-refractivity contribution is -0.127. The summed E-state index contributed by atoms with van der Waals surface area (Å²) in [7, 11) is 9.32. The van der Waals surface area contributed by atoms with Crippen molar-refractivity contribution in [3.63, 3.8) is 0 Å². The third kappa shape index (κ3) is 29.1. The lowest BCUT2D eigenvalue weighted by Crippen LogP contribution is -2.45. The van der Waals surface area contributed by atoms with Gasteiger partial charge in [-0.15, -0.1) is 0 Å². The van der Waals surface area contributed by atoms with Gasteiger partial charge >= 0.3 is 0 Å². The van der Waals surface area contributed by atoms with Crippen LogP contribution in [0.15, 0.2) is 0 Å². The van der Waals surface area contributed by atoms with Gasteiger partial charge in [0.25, 0.3) is 0 Å². The van der Waals surface area contributed by atoms with Crippen molar-refractivity contribution in [3.8, 4) is 0 Å². The summed E-state index contributed by atoms with van der Waals surface area (Å²) in [6.45, 7) is 6.17. The Bertz CT molecular complexity index is 1050. The molecule has 308 valence electrons. The fourth-order valence-corrected chi connectivity index (χ4v) is 6.35. The standard InChI is InChI=1S/C38H75N9O6/c1-28(48)23-31(13-8-9-19-39-3)45-37(52)26-32(15-11-21-41-5)44-35(50)18-17-34(24-29(2)49)47-38(53)27-33(16-12-22-42-6)46-36(51)25-30(43-7)14-10-20-40-4/h30-34,39-43H,8-27H2,1-7H3,(H,44,50)(H,45,52)(H,46,51)(H,47,53). The quantitative estimate of drug-likeness (QED) is 0.0414. The predicted molar refractivity (Wildman–Crippen MR) is 212 cm³/mol. The minimum Gasteiger partial charge on any atom is -0.353 e. The lowest BCUT2D eigenvalue weighted by Gasteiger charge is -2.24. The minimum absolute atomic E-state index is 0.0121. The number of hydrogen-bond donors (Lipinski definition) is 9. The van der Waals surface area contributed by atoms with E-state index in [9.17, 15) is 28.8 Å². The van der Waals surface area contributed by atoms with Crippen molar-refractivity contribution in [2.24, 2.45) is 0 Å². The van der Waals surface area contributed by atoms with Gasteiger partial charge in [-0.2, -0.15) is 0 Å². The Balaban J connectivity index is 5.40. The normalized spacial score (nSPS) is 14.0. The number of hydrogen-bond acceptors (Lipinski definition) is 11. The molecule has 0 rings (SSSR count). The van der Waals surface area contributed by atoms with Crippen LogP contribution in [0.2, 0.25) is 0 Å². The number of carbonyl (C=O) groups is 6. The Morgan fingerprint density at radius 1 is 0.377 bits per heavy atom. The first-order valence-corrected chi connectivity index (χ1v) is 19.8. The molecule has 15 heteroatoms. The molecule has 15 nitrogen and oxygen atoms in total. The summed E-state index contributed by atoms with van der Waals surface area (Å²) in [6.07, 6.45) is 8.09. The smallest absolute Gasteiger partial charge is 0.222 e. The van der Waals surface area contributed by atoms with Crippen molar-refractivity contribution in [1.29, 1.82) is 0 Å². The maximum Gasteiger partial charge on any atom is 0.222 e. The van der Waals surface area contributed by atoms with Crippen LogP contribution in [0.3, 0.4) is 0 Å². The first-order chi connectivity index (χ1) is 25.4. The van der Waals surface area contributed by atoms with Gasteiger partial charge in [-0.3, -0.25) is 28.8 Å². The van der Waals surface area contributed by atoms with E-state index in [0.29, 0.717) is 25.7 Å². The maximum absolute atomic E-state index is 13.3. The Morgan fingerprint density at radius 3 is 1.09 bits per heavy atom. The van der Waals surface area contributed by atoms with E-state index in [1.165, 1.54) is 13.8 Å². The second kappa shape index (κ2) is 32.5. The van der Waals surface area contributed by atoms with Crippen molar-refractivity contribution < 1.29 is 28.8 Å². The zero-order chi connectivity index (χ0) is 39.9. The van der Waals surface area contributed by atoms with Gasteiger partial charge < -0.3 is 47.9 Å². The molecule has 4 amide bonds. The third-order valence-corrected chi connectivity index (χ3v) is 9.12. The minimum atomic E-state index is -0.554. The Labute approximate surface area is 319 Å². The summed E-state index contributed by atoms with van der Waals surface area (Å²) in [6, 6.07) is -1.56. The molecule has 0 heterocycles. The molecule has 0 aromatic rings. The third-order valence-electron chi connectivity index (χ3n) is 9.12. The average Bonchev–Trinajstić information content (AvgIpc) is 3.08. The van der Waals surface area contributed by atoms with E-state index >= 15 is 0 Å². The van der Waals surface area contributed by atoms with Crippen molar-refractivity contribution in [2.75, 3.05) is 61.4 Å². The van der Waals surface area contributed by atoms with E-state index in [1.807, 2.05) is 35.2 Å². The van der Waals surface area contributed by atoms with Gasteiger partial charge in [-0.05, 0) is 133 Å². The molecule has 0 radical (unpaired) electrons. The first kappa shape index (κ1) is 50.0. The van der Waals surface area contributed by atoms with E-state index in [2.05, 4.69) is 47.9 Å². The summed E-state index contributed by atoms with van der Waals surface area (Å²) in [5, 5.41) is 27.6. The van der Waals surface area contributed by atoms with Crippen LogP contribution in [0.5, 0.6) is 0 Å². The molecule has 0 saturated heterocycles. The van der Waals surface area contributed by atoms with Crippen LogP contribution in [0.25, 0.3) is 0 Å². The molecule has 5 unspecified atom stereocenters. The second-order valence-corrected chi connectivity index (χ2v) is 14.3. The maximum atomic E-state index is 13.3.